The summed E-state index contributed by atoms with van der Waals surface area (Å²) in [6.45, 7) is 8.03. The Hall–Kier alpha value is -2.55. The summed E-state index contributed by atoms with van der Waals surface area (Å²) >= 11 is 0. The van der Waals surface area contributed by atoms with Gasteiger partial charge in [-0.1, -0.05) is 0 Å². The summed E-state index contributed by atoms with van der Waals surface area (Å²) in [6, 6.07) is 2.60. The highest BCUT2D eigenvalue weighted by atomic mass is 16.5. The van der Waals surface area contributed by atoms with Gasteiger partial charge in [0.05, 0.1) is 0 Å². The van der Waals surface area contributed by atoms with Gasteiger partial charge in [0, 0.05) is 50.7 Å². The van der Waals surface area contributed by atoms with Gasteiger partial charge in [-0.15, -0.1) is 0 Å². The van der Waals surface area contributed by atoms with Crippen molar-refractivity contribution in [3.63, 3.8) is 0 Å². The summed E-state index contributed by atoms with van der Waals surface area (Å²) in [6.07, 6.45) is 5.77. The molecule has 1 aliphatic heterocycles. The molecule has 2 aromatic heterocycles. The van der Waals surface area contributed by atoms with Crippen LogP contribution in [-0.4, -0.2) is 68.0 Å². The van der Waals surface area contributed by atoms with Crippen molar-refractivity contribution in [3.05, 3.63) is 34.1 Å². The van der Waals surface area contributed by atoms with Crippen molar-refractivity contribution >= 4 is 5.95 Å². The van der Waals surface area contributed by atoms with Crippen LogP contribution in [0.15, 0.2) is 17.1 Å². The summed E-state index contributed by atoms with van der Waals surface area (Å²) in [5, 5.41) is 3.97. The summed E-state index contributed by atoms with van der Waals surface area (Å²) in [7, 11) is 1.58. The molecule has 0 bridgehead atoms. The Morgan fingerprint density at radius 3 is 2.24 bits per heavy atom. The minimum absolute atomic E-state index is 0.109. The Morgan fingerprint density at radius 2 is 1.62 bits per heavy atom. The molecule has 3 heterocycles. The Kier molecular flexibility index (Phi) is 5.75. The van der Waals surface area contributed by atoms with Gasteiger partial charge in [0.25, 0.3) is 0 Å². The molecule has 0 N–H and O–H groups in total. The van der Waals surface area contributed by atoms with E-state index in [1.165, 1.54) is 10.9 Å². The summed E-state index contributed by atoms with van der Waals surface area (Å²) < 4.78 is 7.09. The standard InChI is InChI=1S/C20H29N7O2/c1-14-12-15(2)23-19(22-14)27-10-8-26(9-11-27)16-4-6-17(7-5-16)29-18-13-21-25(3)20(28)24-18/h12-13,16-17H,4-11H2,1-3H3. The molecule has 0 unspecified atom stereocenters. The minimum atomic E-state index is -0.387. The van der Waals surface area contributed by atoms with Gasteiger partial charge in [-0.05, 0) is 45.6 Å². The third-order valence-electron chi connectivity index (χ3n) is 5.84. The number of aromatic nitrogens is 5. The third-order valence-corrected chi connectivity index (χ3v) is 5.84. The van der Waals surface area contributed by atoms with E-state index in [0.29, 0.717) is 11.9 Å². The van der Waals surface area contributed by atoms with E-state index < -0.39 is 0 Å². The van der Waals surface area contributed by atoms with Gasteiger partial charge in [0.15, 0.2) is 0 Å². The smallest absolute Gasteiger partial charge is 0.367 e. The average molecular weight is 399 g/mol. The van der Waals surface area contributed by atoms with Crippen molar-refractivity contribution in [2.45, 2.75) is 51.7 Å². The van der Waals surface area contributed by atoms with Crippen LogP contribution in [0.5, 0.6) is 5.88 Å². The zero-order chi connectivity index (χ0) is 20.4. The first-order chi connectivity index (χ1) is 14.0. The highest BCUT2D eigenvalue weighted by molar-refractivity contribution is 5.33. The molecule has 1 saturated heterocycles. The van der Waals surface area contributed by atoms with Gasteiger partial charge in [-0.3, -0.25) is 4.90 Å². The number of anilines is 1. The van der Waals surface area contributed by atoms with E-state index in [2.05, 4.69) is 29.9 Å². The fourth-order valence-corrected chi connectivity index (χ4v) is 4.27. The Morgan fingerprint density at radius 1 is 0.966 bits per heavy atom. The summed E-state index contributed by atoms with van der Waals surface area (Å²) in [5.41, 5.74) is 1.66. The molecule has 1 saturated carbocycles. The first kappa shape index (κ1) is 19.8. The van der Waals surface area contributed by atoms with Crippen molar-refractivity contribution in [1.29, 1.82) is 0 Å². The lowest BCUT2D eigenvalue weighted by Crippen LogP contribution is -2.52. The lowest BCUT2D eigenvalue weighted by Gasteiger charge is -2.41. The van der Waals surface area contributed by atoms with Gasteiger partial charge in [0.2, 0.25) is 11.8 Å². The van der Waals surface area contributed by atoms with E-state index in [4.69, 9.17) is 4.74 Å². The maximum atomic E-state index is 11.6. The second-order valence-corrected chi connectivity index (χ2v) is 8.02. The average Bonchev–Trinajstić information content (AvgIpc) is 2.71. The van der Waals surface area contributed by atoms with Crippen LogP contribution < -0.4 is 15.3 Å². The van der Waals surface area contributed by atoms with E-state index in [0.717, 1.165) is 69.2 Å². The van der Waals surface area contributed by atoms with Gasteiger partial charge in [0.1, 0.15) is 12.3 Å². The molecule has 0 spiro atoms. The highest BCUT2D eigenvalue weighted by Gasteiger charge is 2.30. The number of piperazine rings is 1. The van der Waals surface area contributed by atoms with Crippen molar-refractivity contribution in [2.24, 2.45) is 7.05 Å². The van der Waals surface area contributed by atoms with E-state index in [9.17, 15) is 4.79 Å². The fraction of sp³-hybridized carbons (Fsp3) is 0.650. The quantitative estimate of drug-likeness (QED) is 0.755. The second kappa shape index (κ2) is 8.44. The van der Waals surface area contributed by atoms with Crippen LogP contribution in [-0.2, 0) is 7.05 Å². The molecule has 29 heavy (non-hydrogen) atoms. The number of hydrogen-bond acceptors (Lipinski definition) is 8. The highest BCUT2D eigenvalue weighted by Crippen LogP contribution is 2.27. The van der Waals surface area contributed by atoms with Gasteiger partial charge in [-0.2, -0.15) is 10.1 Å². The van der Waals surface area contributed by atoms with E-state index in [1.807, 2.05) is 19.9 Å². The molecule has 4 rings (SSSR count). The van der Waals surface area contributed by atoms with Gasteiger partial charge in [-0.25, -0.2) is 19.4 Å². The van der Waals surface area contributed by atoms with Crippen LogP contribution >= 0.6 is 0 Å². The fourth-order valence-electron chi connectivity index (χ4n) is 4.27. The Bertz CT molecular complexity index is 880. The minimum Gasteiger partial charge on any atom is -0.473 e. The molecule has 1 aliphatic carbocycles. The Balaban J connectivity index is 1.26. The largest absolute Gasteiger partial charge is 0.473 e. The number of aryl methyl sites for hydroxylation is 3. The van der Waals surface area contributed by atoms with E-state index in [-0.39, 0.29) is 11.8 Å². The number of hydrogen-bond donors (Lipinski definition) is 0. The molecular formula is C20H29N7O2. The van der Waals surface area contributed by atoms with Crippen molar-refractivity contribution in [3.8, 4) is 5.88 Å². The van der Waals surface area contributed by atoms with Crippen molar-refractivity contribution in [1.82, 2.24) is 29.6 Å². The van der Waals surface area contributed by atoms with Crippen molar-refractivity contribution < 1.29 is 4.74 Å². The molecule has 0 amide bonds. The van der Waals surface area contributed by atoms with Crippen LogP contribution in [0.3, 0.4) is 0 Å². The normalized spacial score (nSPS) is 23.2. The first-order valence-corrected chi connectivity index (χ1v) is 10.4. The topological polar surface area (TPSA) is 89.3 Å². The zero-order valence-corrected chi connectivity index (χ0v) is 17.4. The molecule has 2 aromatic rings. The zero-order valence-electron chi connectivity index (χ0n) is 17.4. The predicted molar refractivity (Wildman–Crippen MR) is 109 cm³/mol. The molecule has 9 heteroatoms. The van der Waals surface area contributed by atoms with Crippen LogP contribution in [0.1, 0.15) is 37.1 Å². The molecule has 0 aromatic carbocycles. The van der Waals surface area contributed by atoms with E-state index >= 15 is 0 Å². The SMILES string of the molecule is Cc1cc(C)nc(N2CCN(C3CCC(Oc4cnn(C)c(=O)n4)CC3)CC2)n1. The van der Waals surface area contributed by atoms with Crippen LogP contribution in [0.2, 0.25) is 0 Å². The molecule has 2 aliphatic rings. The predicted octanol–water partition coefficient (Wildman–Crippen LogP) is 1.09. The number of rotatable bonds is 4. The molecule has 0 radical (unpaired) electrons. The first-order valence-electron chi connectivity index (χ1n) is 10.4. The Labute approximate surface area is 170 Å². The van der Waals surface area contributed by atoms with Crippen LogP contribution in [0.4, 0.5) is 5.95 Å². The summed E-state index contributed by atoms with van der Waals surface area (Å²) in [5.74, 6) is 1.19. The molecule has 0 atom stereocenters. The number of ether oxygens (including phenoxy) is 1. The summed E-state index contributed by atoms with van der Waals surface area (Å²) in [4.78, 5) is 29.6. The van der Waals surface area contributed by atoms with Gasteiger partial charge < -0.3 is 9.64 Å². The number of nitrogens with zero attached hydrogens (tertiary/aromatic N) is 7. The molecule has 9 nitrogen and oxygen atoms in total. The second-order valence-electron chi connectivity index (χ2n) is 8.02. The van der Waals surface area contributed by atoms with Gasteiger partial charge >= 0.3 is 5.69 Å². The molecular weight excluding hydrogens is 370 g/mol. The van der Waals surface area contributed by atoms with Crippen LogP contribution in [0.25, 0.3) is 0 Å². The maximum Gasteiger partial charge on any atom is 0.367 e. The molecule has 156 valence electrons. The van der Waals surface area contributed by atoms with Crippen molar-refractivity contribution in [2.75, 3.05) is 31.1 Å². The lowest BCUT2D eigenvalue weighted by molar-refractivity contribution is 0.0811. The third kappa shape index (κ3) is 4.72. The molecule has 2 fully saturated rings. The van der Waals surface area contributed by atoms with E-state index in [1.54, 1.807) is 7.05 Å². The lowest BCUT2D eigenvalue weighted by atomic mass is 9.91. The maximum absolute atomic E-state index is 11.6. The van der Waals surface area contributed by atoms with Crippen LogP contribution in [0, 0.1) is 13.8 Å². The monoisotopic (exact) mass is 399 g/mol.